The summed E-state index contributed by atoms with van der Waals surface area (Å²) in [5, 5.41) is 5.92. The third kappa shape index (κ3) is 1.42. The van der Waals surface area contributed by atoms with Gasteiger partial charge in [-0.25, -0.2) is 4.98 Å². The zero-order valence-electron chi connectivity index (χ0n) is 6.10. The van der Waals surface area contributed by atoms with E-state index in [2.05, 4.69) is 15.1 Å². The lowest BCUT2D eigenvalue weighted by Gasteiger charge is -1.86. The number of nitrogens with zero attached hydrogens (tertiary/aromatic N) is 3. The van der Waals surface area contributed by atoms with Crippen LogP contribution in [-0.4, -0.2) is 15.1 Å². The van der Waals surface area contributed by atoms with Crippen molar-refractivity contribution in [1.29, 1.82) is 0 Å². The summed E-state index contributed by atoms with van der Waals surface area (Å²) >= 11 is 1.40. The second kappa shape index (κ2) is 2.90. The molecule has 0 unspecified atom stereocenters. The Kier molecular flexibility index (Phi) is 1.75. The summed E-state index contributed by atoms with van der Waals surface area (Å²) in [6, 6.07) is 0. The number of hydrogen-bond donors (Lipinski definition) is 1. The number of hydrogen-bond acceptors (Lipinski definition) is 6. The molecule has 0 atom stereocenters. The molecule has 0 saturated carbocycles. The minimum absolute atomic E-state index is 0.549. The summed E-state index contributed by atoms with van der Waals surface area (Å²) in [7, 11) is 0. The van der Waals surface area contributed by atoms with Gasteiger partial charge in [-0.1, -0.05) is 5.16 Å². The Balaban J connectivity index is 2.14. The number of nitrogen functional groups attached to an aromatic ring is 1. The van der Waals surface area contributed by atoms with Crippen LogP contribution < -0.4 is 5.73 Å². The molecule has 2 aromatic rings. The highest BCUT2D eigenvalue weighted by molar-refractivity contribution is 7.13. The fourth-order valence-corrected chi connectivity index (χ4v) is 1.40. The van der Waals surface area contributed by atoms with Gasteiger partial charge in [0, 0.05) is 5.38 Å². The molecule has 2 heterocycles. The standard InChI is InChI=1S/C6H6N4OS/c7-6-10-4(2-12-6)1-5-8-3-9-11-5/h2-3H,1H2,(H2,7,10). The smallest absolute Gasteiger partial charge is 0.232 e. The Morgan fingerprint density at radius 3 is 3.08 bits per heavy atom. The number of thiazole rings is 1. The van der Waals surface area contributed by atoms with Gasteiger partial charge in [0.05, 0.1) is 12.1 Å². The molecule has 0 aromatic carbocycles. The molecule has 6 heteroatoms. The van der Waals surface area contributed by atoms with Gasteiger partial charge >= 0.3 is 0 Å². The second-order valence-corrected chi connectivity index (χ2v) is 3.08. The van der Waals surface area contributed by atoms with Crippen molar-refractivity contribution in [3.8, 4) is 0 Å². The van der Waals surface area contributed by atoms with Gasteiger partial charge in [0.25, 0.3) is 0 Å². The van der Waals surface area contributed by atoms with E-state index in [0.29, 0.717) is 17.4 Å². The van der Waals surface area contributed by atoms with Gasteiger partial charge in [0.15, 0.2) is 11.5 Å². The van der Waals surface area contributed by atoms with Gasteiger partial charge in [0.1, 0.15) is 0 Å². The fourth-order valence-electron chi connectivity index (χ4n) is 0.833. The summed E-state index contributed by atoms with van der Waals surface area (Å²) in [4.78, 5) is 7.92. The maximum absolute atomic E-state index is 5.45. The van der Waals surface area contributed by atoms with E-state index in [0.717, 1.165) is 5.69 Å². The van der Waals surface area contributed by atoms with Crippen molar-refractivity contribution in [1.82, 2.24) is 15.1 Å². The maximum atomic E-state index is 5.45. The molecule has 0 aliphatic heterocycles. The normalized spacial score (nSPS) is 10.3. The highest BCUT2D eigenvalue weighted by Crippen LogP contribution is 2.13. The van der Waals surface area contributed by atoms with Crippen LogP contribution in [0.5, 0.6) is 0 Å². The van der Waals surface area contributed by atoms with Gasteiger partial charge < -0.3 is 10.3 Å². The molecule has 2 aromatic heterocycles. The topological polar surface area (TPSA) is 77.8 Å². The molecule has 0 aliphatic rings. The molecule has 12 heavy (non-hydrogen) atoms. The van der Waals surface area contributed by atoms with Crippen molar-refractivity contribution in [2.24, 2.45) is 0 Å². The van der Waals surface area contributed by atoms with Crippen LogP contribution in [0.25, 0.3) is 0 Å². The Morgan fingerprint density at radius 2 is 2.50 bits per heavy atom. The average molecular weight is 182 g/mol. The lowest BCUT2D eigenvalue weighted by atomic mass is 10.3. The van der Waals surface area contributed by atoms with Crippen molar-refractivity contribution >= 4 is 16.5 Å². The highest BCUT2D eigenvalue weighted by Gasteiger charge is 2.04. The SMILES string of the molecule is Nc1nc(Cc2ncno2)cs1. The van der Waals surface area contributed by atoms with Crippen molar-refractivity contribution in [2.45, 2.75) is 6.42 Å². The van der Waals surface area contributed by atoms with Gasteiger partial charge in [-0.2, -0.15) is 4.98 Å². The molecule has 2 N–H and O–H groups in total. The largest absolute Gasteiger partial charge is 0.375 e. The Morgan fingerprint density at radius 1 is 1.58 bits per heavy atom. The molecule has 0 bridgehead atoms. The number of nitrogens with two attached hydrogens (primary N) is 1. The third-order valence-electron chi connectivity index (χ3n) is 1.31. The van der Waals surface area contributed by atoms with E-state index in [1.807, 2.05) is 5.38 Å². The molecule has 0 aliphatic carbocycles. The Bertz CT molecular complexity index is 355. The van der Waals surface area contributed by atoms with Crippen LogP contribution in [0.15, 0.2) is 16.2 Å². The van der Waals surface area contributed by atoms with E-state index < -0.39 is 0 Å². The van der Waals surface area contributed by atoms with E-state index >= 15 is 0 Å². The second-order valence-electron chi connectivity index (χ2n) is 2.19. The zero-order valence-corrected chi connectivity index (χ0v) is 6.91. The van der Waals surface area contributed by atoms with E-state index in [1.165, 1.54) is 17.7 Å². The van der Waals surface area contributed by atoms with Crippen LogP contribution in [0.4, 0.5) is 5.13 Å². The van der Waals surface area contributed by atoms with Gasteiger partial charge in [-0.15, -0.1) is 11.3 Å². The summed E-state index contributed by atoms with van der Waals surface area (Å²) in [5.74, 6) is 0.556. The van der Waals surface area contributed by atoms with E-state index in [1.54, 1.807) is 0 Å². The van der Waals surface area contributed by atoms with E-state index in [9.17, 15) is 0 Å². The summed E-state index contributed by atoms with van der Waals surface area (Å²) in [6.45, 7) is 0. The van der Waals surface area contributed by atoms with Crippen molar-refractivity contribution < 1.29 is 4.52 Å². The number of anilines is 1. The van der Waals surface area contributed by atoms with Gasteiger partial charge in [-0.3, -0.25) is 0 Å². The average Bonchev–Trinajstić information content (AvgIpc) is 2.63. The van der Waals surface area contributed by atoms with Crippen LogP contribution in [0.2, 0.25) is 0 Å². The minimum Gasteiger partial charge on any atom is -0.375 e. The monoisotopic (exact) mass is 182 g/mol. The molecule has 0 saturated heterocycles. The van der Waals surface area contributed by atoms with Crippen molar-refractivity contribution in [3.63, 3.8) is 0 Å². The molecule has 62 valence electrons. The minimum atomic E-state index is 0.549. The molecule has 0 spiro atoms. The van der Waals surface area contributed by atoms with Crippen LogP contribution in [0, 0.1) is 0 Å². The van der Waals surface area contributed by atoms with Crippen LogP contribution >= 0.6 is 11.3 Å². The predicted octanol–water partition coefficient (Wildman–Crippen LogP) is 0.699. The quantitative estimate of drug-likeness (QED) is 0.739. The molecule has 0 radical (unpaired) electrons. The van der Waals surface area contributed by atoms with Gasteiger partial charge in [0.2, 0.25) is 5.89 Å². The number of aromatic nitrogens is 3. The lowest BCUT2D eigenvalue weighted by molar-refractivity contribution is 0.383. The fraction of sp³-hybridized carbons (Fsp3) is 0.167. The van der Waals surface area contributed by atoms with E-state index in [-0.39, 0.29) is 0 Å². The van der Waals surface area contributed by atoms with Crippen LogP contribution in [0.1, 0.15) is 11.6 Å². The third-order valence-corrected chi connectivity index (χ3v) is 2.03. The first-order valence-electron chi connectivity index (χ1n) is 3.30. The molecular formula is C6H6N4OS. The molecule has 5 nitrogen and oxygen atoms in total. The van der Waals surface area contributed by atoms with Crippen LogP contribution in [0.3, 0.4) is 0 Å². The molecular weight excluding hydrogens is 176 g/mol. The molecule has 2 rings (SSSR count). The summed E-state index contributed by atoms with van der Waals surface area (Å²) in [5.41, 5.74) is 6.31. The summed E-state index contributed by atoms with van der Waals surface area (Å²) < 4.78 is 4.81. The Labute approximate surface area is 72.2 Å². The first-order chi connectivity index (χ1) is 5.84. The van der Waals surface area contributed by atoms with Crippen molar-refractivity contribution in [3.05, 3.63) is 23.3 Å². The number of rotatable bonds is 2. The zero-order chi connectivity index (χ0) is 8.39. The van der Waals surface area contributed by atoms with E-state index in [4.69, 9.17) is 10.3 Å². The first kappa shape index (κ1) is 7.23. The predicted molar refractivity (Wildman–Crippen MR) is 43.6 cm³/mol. The van der Waals surface area contributed by atoms with Crippen LogP contribution in [-0.2, 0) is 6.42 Å². The van der Waals surface area contributed by atoms with Crippen molar-refractivity contribution in [2.75, 3.05) is 5.73 Å². The molecule has 0 fully saturated rings. The maximum Gasteiger partial charge on any atom is 0.232 e. The lowest BCUT2D eigenvalue weighted by Crippen LogP contribution is -1.89. The molecule has 0 amide bonds. The summed E-state index contributed by atoms with van der Waals surface area (Å²) in [6.07, 6.45) is 1.92. The van der Waals surface area contributed by atoms with Gasteiger partial charge in [-0.05, 0) is 0 Å². The first-order valence-corrected chi connectivity index (χ1v) is 4.18. The highest BCUT2D eigenvalue weighted by atomic mass is 32.1. The Hall–Kier alpha value is -1.43.